The lowest BCUT2D eigenvalue weighted by Gasteiger charge is -2.24. The standard InChI is InChI=1S/C24H32FN3O2/c1-3-4-8-17-28(19-21-11-13-22(25)14-12-21)23(29)15-16-26-24(30)27(2)18-20-9-6-5-7-10-20/h5-7,9-14H,3-4,8,15-19H2,1-2H3,(H,26,30). The minimum absolute atomic E-state index is 0.0126. The maximum absolute atomic E-state index is 13.2. The van der Waals surface area contributed by atoms with Crippen LogP contribution in [0.25, 0.3) is 0 Å². The van der Waals surface area contributed by atoms with Crippen LogP contribution in [-0.4, -0.2) is 41.9 Å². The van der Waals surface area contributed by atoms with Crippen molar-refractivity contribution in [2.24, 2.45) is 0 Å². The third-order valence-electron chi connectivity index (χ3n) is 4.90. The second-order valence-electron chi connectivity index (χ2n) is 7.47. The van der Waals surface area contributed by atoms with Crippen LogP contribution in [0.3, 0.4) is 0 Å². The van der Waals surface area contributed by atoms with Gasteiger partial charge in [-0.3, -0.25) is 4.79 Å². The molecule has 0 radical (unpaired) electrons. The molecular weight excluding hydrogens is 381 g/mol. The van der Waals surface area contributed by atoms with Crippen LogP contribution in [0.1, 0.15) is 43.7 Å². The van der Waals surface area contributed by atoms with E-state index in [1.807, 2.05) is 30.3 Å². The molecule has 162 valence electrons. The van der Waals surface area contributed by atoms with E-state index in [1.54, 1.807) is 29.0 Å². The van der Waals surface area contributed by atoms with Gasteiger partial charge in [0.05, 0.1) is 0 Å². The lowest BCUT2D eigenvalue weighted by Crippen LogP contribution is -2.39. The van der Waals surface area contributed by atoms with Gasteiger partial charge in [0.2, 0.25) is 5.91 Å². The van der Waals surface area contributed by atoms with E-state index in [0.29, 0.717) is 19.6 Å². The van der Waals surface area contributed by atoms with Gasteiger partial charge in [0.1, 0.15) is 5.82 Å². The first-order valence-electron chi connectivity index (χ1n) is 10.5. The number of nitrogens with one attached hydrogen (secondary N) is 1. The summed E-state index contributed by atoms with van der Waals surface area (Å²) in [7, 11) is 1.73. The molecule has 0 aliphatic carbocycles. The number of hydrogen-bond acceptors (Lipinski definition) is 2. The molecule has 2 aromatic rings. The van der Waals surface area contributed by atoms with Gasteiger partial charge in [-0.2, -0.15) is 0 Å². The van der Waals surface area contributed by atoms with Crippen molar-refractivity contribution < 1.29 is 14.0 Å². The van der Waals surface area contributed by atoms with E-state index in [1.165, 1.54) is 12.1 Å². The summed E-state index contributed by atoms with van der Waals surface area (Å²) >= 11 is 0. The number of unbranched alkanes of at least 4 members (excludes halogenated alkanes) is 2. The Hall–Kier alpha value is -2.89. The number of carbonyl (C=O) groups is 2. The minimum Gasteiger partial charge on any atom is -0.338 e. The zero-order chi connectivity index (χ0) is 21.8. The lowest BCUT2D eigenvalue weighted by atomic mass is 10.1. The second-order valence-corrected chi connectivity index (χ2v) is 7.47. The SMILES string of the molecule is CCCCCN(Cc1ccc(F)cc1)C(=O)CCNC(=O)N(C)Cc1ccccc1. The van der Waals surface area contributed by atoms with E-state index >= 15 is 0 Å². The van der Waals surface area contributed by atoms with Crippen LogP contribution < -0.4 is 5.32 Å². The van der Waals surface area contributed by atoms with Gasteiger partial charge in [-0.1, -0.05) is 62.2 Å². The Morgan fingerprint density at radius 2 is 1.60 bits per heavy atom. The fourth-order valence-electron chi connectivity index (χ4n) is 3.15. The zero-order valence-corrected chi connectivity index (χ0v) is 17.9. The number of carbonyl (C=O) groups excluding carboxylic acids is 2. The first-order valence-corrected chi connectivity index (χ1v) is 10.5. The molecule has 0 aliphatic heterocycles. The Bertz CT molecular complexity index is 781. The number of nitrogens with zero attached hydrogens (tertiary/aromatic N) is 2. The first-order chi connectivity index (χ1) is 14.5. The van der Waals surface area contributed by atoms with Gasteiger partial charge in [0, 0.05) is 39.6 Å². The molecule has 0 aliphatic rings. The summed E-state index contributed by atoms with van der Waals surface area (Å²) in [5.41, 5.74) is 1.94. The van der Waals surface area contributed by atoms with Crippen molar-refractivity contribution in [2.75, 3.05) is 20.1 Å². The summed E-state index contributed by atoms with van der Waals surface area (Å²) in [5.74, 6) is -0.300. The fraction of sp³-hybridized carbons (Fsp3) is 0.417. The van der Waals surface area contributed by atoms with Crippen molar-refractivity contribution in [1.29, 1.82) is 0 Å². The van der Waals surface area contributed by atoms with Crippen LogP contribution in [0.2, 0.25) is 0 Å². The molecule has 0 fully saturated rings. The first kappa shape index (κ1) is 23.4. The molecule has 30 heavy (non-hydrogen) atoms. The molecular formula is C24H32FN3O2. The average Bonchev–Trinajstić information content (AvgIpc) is 2.75. The molecule has 0 spiro atoms. The molecule has 0 saturated carbocycles. The summed E-state index contributed by atoms with van der Waals surface area (Å²) in [6, 6.07) is 15.8. The Labute approximate surface area is 178 Å². The smallest absolute Gasteiger partial charge is 0.317 e. The molecule has 1 N–H and O–H groups in total. The van der Waals surface area contributed by atoms with E-state index in [2.05, 4.69) is 12.2 Å². The van der Waals surface area contributed by atoms with E-state index in [4.69, 9.17) is 0 Å². The minimum atomic E-state index is -0.287. The molecule has 0 saturated heterocycles. The van der Waals surface area contributed by atoms with Crippen molar-refractivity contribution in [3.8, 4) is 0 Å². The summed E-state index contributed by atoms with van der Waals surface area (Å²) in [6.45, 7) is 4.02. The molecule has 0 bridgehead atoms. The maximum Gasteiger partial charge on any atom is 0.317 e. The maximum atomic E-state index is 13.2. The van der Waals surface area contributed by atoms with Crippen LogP contribution in [-0.2, 0) is 17.9 Å². The highest BCUT2D eigenvalue weighted by Gasteiger charge is 2.15. The zero-order valence-electron chi connectivity index (χ0n) is 17.9. The van der Waals surface area contributed by atoms with Gasteiger partial charge < -0.3 is 15.1 Å². The monoisotopic (exact) mass is 413 g/mol. The average molecular weight is 414 g/mol. The number of benzene rings is 2. The van der Waals surface area contributed by atoms with E-state index in [-0.39, 0.29) is 30.7 Å². The van der Waals surface area contributed by atoms with Crippen molar-refractivity contribution in [3.63, 3.8) is 0 Å². The number of halogens is 1. The van der Waals surface area contributed by atoms with Crippen LogP contribution in [0, 0.1) is 5.82 Å². The van der Waals surface area contributed by atoms with Crippen LogP contribution >= 0.6 is 0 Å². The predicted molar refractivity (Wildman–Crippen MR) is 117 cm³/mol. The number of urea groups is 1. The normalized spacial score (nSPS) is 10.5. The highest BCUT2D eigenvalue weighted by atomic mass is 19.1. The molecule has 5 nitrogen and oxygen atoms in total. The van der Waals surface area contributed by atoms with Crippen molar-refractivity contribution in [3.05, 3.63) is 71.5 Å². The number of rotatable bonds is 11. The second kappa shape index (κ2) is 12.6. The Morgan fingerprint density at radius 3 is 2.27 bits per heavy atom. The Morgan fingerprint density at radius 1 is 0.933 bits per heavy atom. The van der Waals surface area contributed by atoms with Crippen LogP contribution in [0.15, 0.2) is 54.6 Å². The van der Waals surface area contributed by atoms with Crippen molar-refractivity contribution in [2.45, 2.75) is 45.7 Å². The molecule has 2 rings (SSSR count). The highest BCUT2D eigenvalue weighted by Crippen LogP contribution is 2.10. The summed E-state index contributed by atoms with van der Waals surface area (Å²) < 4.78 is 13.2. The van der Waals surface area contributed by atoms with E-state index < -0.39 is 0 Å². The fourth-order valence-corrected chi connectivity index (χ4v) is 3.15. The van der Waals surface area contributed by atoms with Gasteiger partial charge in [0.25, 0.3) is 0 Å². The van der Waals surface area contributed by atoms with E-state index in [0.717, 1.165) is 30.4 Å². The quantitative estimate of drug-likeness (QED) is 0.549. The predicted octanol–water partition coefficient (Wildman–Crippen LogP) is 4.58. The Kier molecular flexibility index (Phi) is 9.84. The highest BCUT2D eigenvalue weighted by molar-refractivity contribution is 5.78. The van der Waals surface area contributed by atoms with Crippen molar-refractivity contribution >= 4 is 11.9 Å². The number of hydrogen-bond donors (Lipinski definition) is 1. The Balaban J connectivity index is 1.83. The molecule has 6 heteroatoms. The topological polar surface area (TPSA) is 52.7 Å². The molecule has 0 aromatic heterocycles. The summed E-state index contributed by atoms with van der Waals surface area (Å²) in [4.78, 5) is 28.4. The van der Waals surface area contributed by atoms with Crippen LogP contribution in [0.5, 0.6) is 0 Å². The molecule has 0 heterocycles. The third-order valence-corrected chi connectivity index (χ3v) is 4.90. The van der Waals surface area contributed by atoms with Gasteiger partial charge in [-0.25, -0.2) is 9.18 Å². The van der Waals surface area contributed by atoms with Gasteiger partial charge in [-0.15, -0.1) is 0 Å². The van der Waals surface area contributed by atoms with Crippen molar-refractivity contribution in [1.82, 2.24) is 15.1 Å². The number of amides is 3. The van der Waals surface area contributed by atoms with E-state index in [9.17, 15) is 14.0 Å². The van der Waals surface area contributed by atoms with Gasteiger partial charge >= 0.3 is 6.03 Å². The summed E-state index contributed by atoms with van der Waals surface area (Å²) in [5, 5.41) is 2.82. The van der Waals surface area contributed by atoms with Crippen LogP contribution in [0.4, 0.5) is 9.18 Å². The lowest BCUT2D eigenvalue weighted by molar-refractivity contribution is -0.131. The van der Waals surface area contributed by atoms with Gasteiger partial charge in [-0.05, 0) is 29.7 Å². The largest absolute Gasteiger partial charge is 0.338 e. The molecule has 0 atom stereocenters. The third kappa shape index (κ3) is 8.23. The molecule has 0 unspecified atom stereocenters. The molecule has 2 aromatic carbocycles. The summed E-state index contributed by atoms with van der Waals surface area (Å²) in [6.07, 6.45) is 3.28. The molecule has 3 amide bonds. The van der Waals surface area contributed by atoms with Gasteiger partial charge in [0.15, 0.2) is 0 Å².